The molecule has 1 aliphatic heterocycles. The highest BCUT2D eigenvalue weighted by atomic mass is 16.5. The summed E-state index contributed by atoms with van der Waals surface area (Å²) in [6.45, 7) is 0. The number of amides is 2. The minimum atomic E-state index is -0.488. The summed E-state index contributed by atoms with van der Waals surface area (Å²) in [6.07, 6.45) is 1.73. The zero-order valence-corrected chi connectivity index (χ0v) is 14.8. The first-order chi connectivity index (χ1) is 13.1. The smallest absolute Gasteiger partial charge is 0.275 e. The van der Waals surface area contributed by atoms with Crippen LogP contribution in [0.3, 0.4) is 0 Å². The summed E-state index contributed by atoms with van der Waals surface area (Å²) in [5.74, 6) is 0.181. The maximum Gasteiger partial charge on any atom is 0.275 e. The number of fused-ring (bicyclic) bond motifs is 1. The molecular formula is C20H17N3O4. The molecule has 3 N–H and O–H groups in total. The second-order valence-corrected chi connectivity index (χ2v) is 5.97. The zero-order valence-electron chi connectivity index (χ0n) is 14.8. The van der Waals surface area contributed by atoms with Crippen LogP contribution in [-0.2, 0) is 9.59 Å². The van der Waals surface area contributed by atoms with Crippen LogP contribution in [0.1, 0.15) is 5.56 Å². The fourth-order valence-corrected chi connectivity index (χ4v) is 3.15. The van der Waals surface area contributed by atoms with Gasteiger partial charge in [-0.3, -0.25) is 14.9 Å². The van der Waals surface area contributed by atoms with Crippen LogP contribution in [0.5, 0.6) is 11.5 Å². The third-order valence-electron chi connectivity index (χ3n) is 4.46. The average molecular weight is 363 g/mol. The van der Waals surface area contributed by atoms with Crippen LogP contribution in [-0.4, -0.2) is 31.0 Å². The molecule has 7 nitrogen and oxygen atoms in total. The summed E-state index contributed by atoms with van der Waals surface area (Å²) in [6, 6.07) is 12.8. The van der Waals surface area contributed by atoms with Crippen LogP contribution >= 0.6 is 0 Å². The maximum atomic E-state index is 12.5. The predicted molar refractivity (Wildman–Crippen MR) is 102 cm³/mol. The third kappa shape index (κ3) is 2.79. The third-order valence-corrected chi connectivity index (χ3v) is 4.46. The van der Waals surface area contributed by atoms with Crippen molar-refractivity contribution in [3.8, 4) is 11.5 Å². The van der Waals surface area contributed by atoms with Gasteiger partial charge in [-0.05, 0) is 18.2 Å². The van der Waals surface area contributed by atoms with E-state index >= 15 is 0 Å². The van der Waals surface area contributed by atoms with Crippen LogP contribution in [0.15, 0.2) is 54.4 Å². The van der Waals surface area contributed by atoms with E-state index < -0.39 is 11.8 Å². The first kappa shape index (κ1) is 16.7. The van der Waals surface area contributed by atoms with E-state index in [4.69, 9.17) is 9.47 Å². The van der Waals surface area contributed by atoms with Crippen molar-refractivity contribution in [3.63, 3.8) is 0 Å². The van der Waals surface area contributed by atoms with Gasteiger partial charge in [0.25, 0.3) is 11.8 Å². The molecule has 1 aromatic heterocycles. The van der Waals surface area contributed by atoms with Gasteiger partial charge in [-0.2, -0.15) is 0 Å². The van der Waals surface area contributed by atoms with E-state index in [0.29, 0.717) is 22.7 Å². The molecule has 7 heteroatoms. The van der Waals surface area contributed by atoms with Crippen LogP contribution in [0.4, 0.5) is 5.69 Å². The predicted octanol–water partition coefficient (Wildman–Crippen LogP) is 2.66. The van der Waals surface area contributed by atoms with Gasteiger partial charge in [0.15, 0.2) is 0 Å². The Morgan fingerprint density at radius 2 is 1.78 bits per heavy atom. The van der Waals surface area contributed by atoms with Crippen molar-refractivity contribution >= 4 is 34.0 Å². The lowest BCUT2D eigenvalue weighted by molar-refractivity contribution is -0.123. The van der Waals surface area contributed by atoms with Gasteiger partial charge in [-0.1, -0.05) is 18.2 Å². The molecule has 0 unspecified atom stereocenters. The van der Waals surface area contributed by atoms with Gasteiger partial charge < -0.3 is 19.8 Å². The first-order valence-corrected chi connectivity index (χ1v) is 8.28. The van der Waals surface area contributed by atoms with Gasteiger partial charge in [-0.15, -0.1) is 0 Å². The minimum Gasteiger partial charge on any atom is -0.497 e. The Hall–Kier alpha value is -3.74. The highest BCUT2D eigenvalue weighted by Gasteiger charge is 2.33. The number of aromatic amines is 1. The zero-order chi connectivity index (χ0) is 19.0. The summed E-state index contributed by atoms with van der Waals surface area (Å²) < 4.78 is 10.6. The highest BCUT2D eigenvalue weighted by molar-refractivity contribution is 6.38. The van der Waals surface area contributed by atoms with E-state index in [1.165, 1.54) is 7.11 Å². The number of ether oxygens (including phenoxy) is 2. The molecule has 0 aliphatic carbocycles. The molecule has 0 atom stereocenters. The van der Waals surface area contributed by atoms with E-state index in [1.807, 2.05) is 24.3 Å². The number of benzene rings is 2. The van der Waals surface area contributed by atoms with Crippen molar-refractivity contribution in [3.05, 3.63) is 59.9 Å². The van der Waals surface area contributed by atoms with E-state index in [2.05, 4.69) is 15.6 Å². The van der Waals surface area contributed by atoms with E-state index in [1.54, 1.807) is 31.5 Å². The molecule has 0 bridgehead atoms. The molecule has 0 saturated carbocycles. The number of para-hydroxylation sites is 1. The van der Waals surface area contributed by atoms with E-state index in [-0.39, 0.29) is 11.3 Å². The molecule has 0 fully saturated rings. The molecule has 4 rings (SSSR count). The number of imide groups is 1. The fraction of sp³-hybridized carbons (Fsp3) is 0.100. The molecule has 1 aliphatic rings. The van der Waals surface area contributed by atoms with Crippen molar-refractivity contribution < 1.29 is 19.1 Å². The summed E-state index contributed by atoms with van der Waals surface area (Å²) in [7, 11) is 3.08. The van der Waals surface area contributed by atoms with Gasteiger partial charge in [0.2, 0.25) is 0 Å². The number of anilines is 1. The van der Waals surface area contributed by atoms with E-state index in [9.17, 15) is 9.59 Å². The molecule has 2 aromatic carbocycles. The Labute approximate surface area is 155 Å². The van der Waals surface area contributed by atoms with Crippen molar-refractivity contribution in [1.82, 2.24) is 10.3 Å². The second kappa shape index (κ2) is 6.53. The second-order valence-electron chi connectivity index (χ2n) is 5.97. The quantitative estimate of drug-likeness (QED) is 0.606. The van der Waals surface area contributed by atoms with Gasteiger partial charge >= 0.3 is 0 Å². The largest absolute Gasteiger partial charge is 0.497 e. The number of methoxy groups -OCH3 is 2. The van der Waals surface area contributed by atoms with Crippen LogP contribution in [0, 0.1) is 0 Å². The molecule has 0 spiro atoms. The van der Waals surface area contributed by atoms with Crippen molar-refractivity contribution in [2.24, 2.45) is 0 Å². The Kier molecular flexibility index (Phi) is 4.04. The Morgan fingerprint density at radius 3 is 2.56 bits per heavy atom. The number of aromatic nitrogens is 1. The monoisotopic (exact) mass is 363 g/mol. The lowest BCUT2D eigenvalue weighted by Gasteiger charge is -2.13. The van der Waals surface area contributed by atoms with Crippen molar-refractivity contribution in [2.45, 2.75) is 0 Å². The van der Waals surface area contributed by atoms with Crippen molar-refractivity contribution in [2.75, 3.05) is 19.5 Å². The summed E-state index contributed by atoms with van der Waals surface area (Å²) in [5, 5.41) is 6.26. The standard InChI is InChI=1S/C20H17N3O4/c1-26-11-7-8-15(16(9-11)27-2)22-18-17(19(24)23-20(18)25)13-10-21-14-6-4-3-5-12(13)14/h3-10,21H,1-2H3,(H2,22,23,24,25). The normalized spacial score (nSPS) is 13.9. The molecule has 136 valence electrons. The highest BCUT2D eigenvalue weighted by Crippen LogP contribution is 2.34. The first-order valence-electron chi connectivity index (χ1n) is 8.28. The molecule has 27 heavy (non-hydrogen) atoms. The molecule has 0 radical (unpaired) electrons. The summed E-state index contributed by atoms with van der Waals surface area (Å²) in [5.41, 5.74) is 2.55. The number of H-pyrrole nitrogens is 1. The Bertz CT molecular complexity index is 1100. The van der Waals surface area contributed by atoms with Gasteiger partial charge in [0.05, 0.1) is 25.5 Å². The van der Waals surface area contributed by atoms with Crippen molar-refractivity contribution in [1.29, 1.82) is 0 Å². The minimum absolute atomic E-state index is 0.174. The average Bonchev–Trinajstić information content (AvgIpc) is 3.22. The summed E-state index contributed by atoms with van der Waals surface area (Å²) >= 11 is 0. The lowest BCUT2D eigenvalue weighted by atomic mass is 10.0. The molecule has 0 saturated heterocycles. The van der Waals surface area contributed by atoms with Gasteiger partial charge in [-0.25, -0.2) is 0 Å². The van der Waals surface area contributed by atoms with E-state index in [0.717, 1.165) is 10.9 Å². The number of nitrogens with one attached hydrogen (secondary N) is 3. The molecular weight excluding hydrogens is 346 g/mol. The number of hydrogen-bond donors (Lipinski definition) is 3. The SMILES string of the molecule is COc1ccc(NC2=C(c3c[nH]c4ccccc34)C(=O)NC2=O)c(OC)c1. The number of carbonyl (C=O) groups is 2. The molecule has 2 heterocycles. The van der Waals surface area contributed by atoms with Crippen LogP contribution in [0.2, 0.25) is 0 Å². The molecule has 3 aromatic rings. The van der Waals surface area contributed by atoms with Crippen LogP contribution < -0.4 is 20.1 Å². The fourth-order valence-electron chi connectivity index (χ4n) is 3.15. The summed E-state index contributed by atoms with van der Waals surface area (Å²) in [4.78, 5) is 28.0. The number of hydrogen-bond acceptors (Lipinski definition) is 5. The lowest BCUT2D eigenvalue weighted by Crippen LogP contribution is -2.24. The number of rotatable bonds is 5. The van der Waals surface area contributed by atoms with Gasteiger partial charge in [0, 0.05) is 28.7 Å². The Balaban J connectivity index is 1.84. The van der Waals surface area contributed by atoms with Crippen LogP contribution in [0.25, 0.3) is 16.5 Å². The topological polar surface area (TPSA) is 92.5 Å². The molecule has 2 amide bonds. The number of carbonyl (C=O) groups excluding carboxylic acids is 2. The maximum absolute atomic E-state index is 12.5. The van der Waals surface area contributed by atoms with Gasteiger partial charge in [0.1, 0.15) is 17.2 Å². The Morgan fingerprint density at radius 1 is 0.963 bits per heavy atom.